The maximum atomic E-state index is 11.9. The van der Waals surface area contributed by atoms with Crippen LogP contribution in [0.3, 0.4) is 0 Å². The molecule has 7 nitrogen and oxygen atoms in total. The minimum absolute atomic E-state index is 0.314. The van der Waals surface area contributed by atoms with E-state index in [9.17, 15) is 4.79 Å². The molecule has 18 heavy (non-hydrogen) atoms. The zero-order chi connectivity index (χ0) is 13.3. The van der Waals surface area contributed by atoms with Gasteiger partial charge in [0.2, 0.25) is 0 Å². The number of amides is 1. The minimum atomic E-state index is -0.482. The molecule has 0 saturated carbocycles. The number of nitrogens with two attached hydrogens (primary N) is 1. The van der Waals surface area contributed by atoms with E-state index in [2.05, 4.69) is 10.2 Å². The predicted octanol–water partition coefficient (Wildman–Crippen LogP) is 0.488. The number of hydrogen-bond donors (Lipinski definition) is 1. The Bertz CT molecular complexity index is 449. The van der Waals surface area contributed by atoms with Gasteiger partial charge in [-0.3, -0.25) is 4.90 Å². The third kappa shape index (κ3) is 2.61. The molecule has 0 atom stereocenters. The van der Waals surface area contributed by atoms with Crippen LogP contribution in [0.4, 0.5) is 4.79 Å². The highest BCUT2D eigenvalue weighted by Crippen LogP contribution is 2.16. The molecule has 0 spiro atoms. The summed E-state index contributed by atoms with van der Waals surface area (Å²) in [7, 11) is 0. The fourth-order valence-corrected chi connectivity index (χ4v) is 1.85. The van der Waals surface area contributed by atoms with Gasteiger partial charge in [0, 0.05) is 13.1 Å². The second kappa shape index (κ2) is 4.56. The second-order valence-electron chi connectivity index (χ2n) is 5.29. The molecular weight excluding hydrogens is 234 g/mol. The van der Waals surface area contributed by atoms with Crippen LogP contribution >= 0.6 is 0 Å². The highest BCUT2D eigenvalue weighted by molar-refractivity contribution is 5.68. The van der Waals surface area contributed by atoms with Crippen molar-refractivity contribution in [1.82, 2.24) is 19.7 Å². The van der Waals surface area contributed by atoms with Crippen molar-refractivity contribution in [3.8, 4) is 0 Å². The molecule has 1 aromatic heterocycles. The summed E-state index contributed by atoms with van der Waals surface area (Å²) in [6.07, 6.45) is -0.314. The van der Waals surface area contributed by atoms with E-state index in [0.29, 0.717) is 26.2 Å². The fourth-order valence-electron chi connectivity index (χ4n) is 1.85. The van der Waals surface area contributed by atoms with Gasteiger partial charge in [0.25, 0.3) is 0 Å². The fraction of sp³-hybridized carbons (Fsp3) is 0.727. The van der Waals surface area contributed by atoms with E-state index in [0.717, 1.165) is 11.6 Å². The molecule has 0 fully saturated rings. The van der Waals surface area contributed by atoms with Crippen LogP contribution in [0, 0.1) is 0 Å². The summed E-state index contributed by atoms with van der Waals surface area (Å²) >= 11 is 0. The maximum Gasteiger partial charge on any atom is 0.410 e. The third-order valence-electron chi connectivity index (χ3n) is 2.66. The number of carbonyl (C=O) groups excluding carboxylic acids is 1. The largest absolute Gasteiger partial charge is 0.444 e. The number of ether oxygens (including phenoxy) is 1. The molecular formula is C11H19N5O2. The standard InChI is InChI=1S/C11H19N5O2/c1-11(2,3)18-10(17)15-4-5-16-8(6-12)13-14-9(16)7-15/h4-7,12H2,1-3H3. The first-order chi connectivity index (χ1) is 8.40. The van der Waals surface area contributed by atoms with Crippen molar-refractivity contribution >= 4 is 6.09 Å². The van der Waals surface area contributed by atoms with Crippen molar-refractivity contribution in [2.24, 2.45) is 5.73 Å². The summed E-state index contributed by atoms with van der Waals surface area (Å²) in [5.74, 6) is 1.52. The third-order valence-corrected chi connectivity index (χ3v) is 2.66. The lowest BCUT2D eigenvalue weighted by atomic mass is 10.2. The van der Waals surface area contributed by atoms with Crippen LogP contribution in [-0.4, -0.2) is 37.9 Å². The molecule has 2 rings (SSSR count). The van der Waals surface area contributed by atoms with Crippen molar-refractivity contribution in [2.75, 3.05) is 6.54 Å². The van der Waals surface area contributed by atoms with Gasteiger partial charge in [-0.1, -0.05) is 0 Å². The van der Waals surface area contributed by atoms with Crippen LogP contribution in [-0.2, 0) is 24.4 Å². The molecule has 1 aromatic rings. The van der Waals surface area contributed by atoms with Gasteiger partial charge in [0.15, 0.2) is 5.82 Å². The maximum absolute atomic E-state index is 11.9. The van der Waals surface area contributed by atoms with Gasteiger partial charge in [-0.15, -0.1) is 10.2 Å². The van der Waals surface area contributed by atoms with Gasteiger partial charge in [-0.2, -0.15) is 0 Å². The first-order valence-electron chi connectivity index (χ1n) is 5.99. The van der Waals surface area contributed by atoms with E-state index in [1.54, 1.807) is 4.90 Å². The first-order valence-corrected chi connectivity index (χ1v) is 5.99. The number of carbonyl (C=O) groups is 1. The van der Waals surface area contributed by atoms with Crippen molar-refractivity contribution in [3.63, 3.8) is 0 Å². The summed E-state index contributed by atoms with van der Waals surface area (Å²) in [5, 5.41) is 8.03. The number of rotatable bonds is 1. The van der Waals surface area contributed by atoms with E-state index in [1.807, 2.05) is 25.3 Å². The van der Waals surface area contributed by atoms with E-state index < -0.39 is 5.60 Å². The summed E-state index contributed by atoms with van der Waals surface area (Å²) < 4.78 is 7.29. The number of fused-ring (bicyclic) bond motifs is 1. The average Bonchev–Trinajstić information content (AvgIpc) is 2.68. The SMILES string of the molecule is CC(C)(C)OC(=O)N1CCn2c(CN)nnc2C1. The summed E-state index contributed by atoms with van der Waals surface area (Å²) in [6, 6.07) is 0. The smallest absolute Gasteiger partial charge is 0.410 e. The highest BCUT2D eigenvalue weighted by atomic mass is 16.6. The van der Waals surface area contributed by atoms with Crippen LogP contribution < -0.4 is 5.73 Å². The van der Waals surface area contributed by atoms with Crippen molar-refractivity contribution < 1.29 is 9.53 Å². The quantitative estimate of drug-likeness (QED) is 0.787. The molecule has 1 aliphatic heterocycles. The molecule has 7 heteroatoms. The summed E-state index contributed by atoms with van der Waals surface area (Å²) in [6.45, 7) is 7.58. The first kappa shape index (κ1) is 12.8. The Morgan fingerprint density at radius 2 is 2.11 bits per heavy atom. The number of hydrogen-bond acceptors (Lipinski definition) is 5. The van der Waals surface area contributed by atoms with Crippen LogP contribution in [0.5, 0.6) is 0 Å². The van der Waals surface area contributed by atoms with Crippen LogP contribution in [0.15, 0.2) is 0 Å². The predicted molar refractivity (Wildman–Crippen MR) is 64.6 cm³/mol. The molecule has 0 aliphatic carbocycles. The molecule has 0 unspecified atom stereocenters. The molecule has 0 saturated heterocycles. The number of aromatic nitrogens is 3. The van der Waals surface area contributed by atoms with Crippen molar-refractivity contribution in [3.05, 3.63) is 11.6 Å². The van der Waals surface area contributed by atoms with Crippen LogP contribution in [0.2, 0.25) is 0 Å². The van der Waals surface area contributed by atoms with Gasteiger partial charge in [0.1, 0.15) is 11.4 Å². The molecule has 2 N–H and O–H groups in total. The Labute approximate surface area is 106 Å². The van der Waals surface area contributed by atoms with Crippen molar-refractivity contribution in [1.29, 1.82) is 0 Å². The van der Waals surface area contributed by atoms with Crippen molar-refractivity contribution in [2.45, 2.75) is 46.0 Å². The molecule has 1 amide bonds. The Morgan fingerprint density at radius 1 is 1.39 bits per heavy atom. The monoisotopic (exact) mass is 253 g/mol. The highest BCUT2D eigenvalue weighted by Gasteiger charge is 2.27. The Hall–Kier alpha value is -1.63. The lowest BCUT2D eigenvalue weighted by Gasteiger charge is -2.30. The second-order valence-corrected chi connectivity index (χ2v) is 5.29. The van der Waals surface area contributed by atoms with Gasteiger partial charge in [-0.05, 0) is 20.8 Å². The topological polar surface area (TPSA) is 86.3 Å². The zero-order valence-electron chi connectivity index (χ0n) is 11.0. The van der Waals surface area contributed by atoms with Gasteiger partial charge in [-0.25, -0.2) is 4.79 Å². The average molecular weight is 253 g/mol. The normalized spacial score (nSPS) is 15.4. The summed E-state index contributed by atoms with van der Waals surface area (Å²) in [4.78, 5) is 13.6. The van der Waals surface area contributed by atoms with Crippen LogP contribution in [0.25, 0.3) is 0 Å². The molecule has 0 radical (unpaired) electrons. The minimum Gasteiger partial charge on any atom is -0.444 e. The zero-order valence-corrected chi connectivity index (χ0v) is 11.0. The molecule has 1 aliphatic rings. The molecule has 2 heterocycles. The molecule has 100 valence electrons. The lowest BCUT2D eigenvalue weighted by Crippen LogP contribution is -2.41. The Kier molecular flexibility index (Phi) is 3.25. The number of nitrogens with zero attached hydrogens (tertiary/aromatic N) is 4. The molecule has 0 aromatic carbocycles. The van der Waals surface area contributed by atoms with Crippen LogP contribution in [0.1, 0.15) is 32.4 Å². The summed E-state index contributed by atoms with van der Waals surface area (Å²) in [5.41, 5.74) is 5.09. The van der Waals surface area contributed by atoms with Gasteiger partial charge < -0.3 is 15.0 Å². The van der Waals surface area contributed by atoms with E-state index in [1.165, 1.54) is 0 Å². The Morgan fingerprint density at radius 3 is 2.72 bits per heavy atom. The van der Waals surface area contributed by atoms with Gasteiger partial charge in [0.05, 0.1) is 13.1 Å². The molecule has 0 bridgehead atoms. The Balaban J connectivity index is 2.06. The van der Waals surface area contributed by atoms with E-state index >= 15 is 0 Å². The van der Waals surface area contributed by atoms with E-state index in [4.69, 9.17) is 10.5 Å². The van der Waals surface area contributed by atoms with E-state index in [-0.39, 0.29) is 6.09 Å². The lowest BCUT2D eigenvalue weighted by molar-refractivity contribution is 0.0194. The van der Waals surface area contributed by atoms with Gasteiger partial charge >= 0.3 is 6.09 Å².